The molecule has 104 valence electrons. The van der Waals surface area contributed by atoms with Crippen LogP contribution in [0.3, 0.4) is 0 Å². The predicted molar refractivity (Wildman–Crippen MR) is 75.6 cm³/mol. The SMILES string of the molecule is COc1ccc2c(c1)C(NC1CCOC(C)C1)CC2. The molecular formula is C16H23NO2. The lowest BCUT2D eigenvalue weighted by molar-refractivity contribution is 0.0112. The van der Waals surface area contributed by atoms with Crippen LogP contribution >= 0.6 is 0 Å². The van der Waals surface area contributed by atoms with Crippen LogP contribution < -0.4 is 10.1 Å². The average Bonchev–Trinajstić information content (AvgIpc) is 2.81. The highest BCUT2D eigenvalue weighted by Gasteiger charge is 2.27. The standard InChI is InChI=1S/C16H23NO2/c1-11-9-13(7-8-19-11)17-16-6-4-12-3-5-14(18-2)10-15(12)16/h3,5,10-11,13,16-17H,4,6-9H2,1-2H3. The van der Waals surface area contributed by atoms with Crippen molar-refractivity contribution < 1.29 is 9.47 Å². The molecule has 3 nitrogen and oxygen atoms in total. The molecule has 1 aromatic rings. The first kappa shape index (κ1) is 12.9. The third-order valence-corrected chi connectivity index (χ3v) is 4.35. The molecule has 1 fully saturated rings. The second kappa shape index (κ2) is 5.51. The number of aryl methyl sites for hydroxylation is 1. The molecule has 3 atom stereocenters. The Bertz CT molecular complexity index is 446. The largest absolute Gasteiger partial charge is 0.497 e. The van der Waals surface area contributed by atoms with E-state index in [1.54, 1.807) is 7.11 Å². The van der Waals surface area contributed by atoms with E-state index in [9.17, 15) is 0 Å². The first-order valence-corrected chi connectivity index (χ1v) is 7.30. The normalized spacial score (nSPS) is 30.1. The van der Waals surface area contributed by atoms with Gasteiger partial charge in [-0.15, -0.1) is 0 Å². The molecule has 19 heavy (non-hydrogen) atoms. The van der Waals surface area contributed by atoms with Gasteiger partial charge in [-0.2, -0.15) is 0 Å². The van der Waals surface area contributed by atoms with E-state index in [0.29, 0.717) is 18.2 Å². The van der Waals surface area contributed by atoms with Crippen LogP contribution in [-0.2, 0) is 11.2 Å². The molecule has 0 radical (unpaired) electrons. The molecule has 0 amide bonds. The Morgan fingerprint density at radius 2 is 2.21 bits per heavy atom. The van der Waals surface area contributed by atoms with Gasteiger partial charge in [0.05, 0.1) is 13.2 Å². The van der Waals surface area contributed by atoms with Crippen LogP contribution in [0.4, 0.5) is 0 Å². The lowest BCUT2D eigenvalue weighted by atomic mass is 10.0. The summed E-state index contributed by atoms with van der Waals surface area (Å²) in [5, 5.41) is 3.82. The summed E-state index contributed by atoms with van der Waals surface area (Å²) in [7, 11) is 1.74. The molecule has 1 saturated heterocycles. The van der Waals surface area contributed by atoms with Gasteiger partial charge in [-0.05, 0) is 55.9 Å². The highest BCUT2D eigenvalue weighted by atomic mass is 16.5. The molecule has 1 aromatic carbocycles. The molecule has 1 N–H and O–H groups in total. The van der Waals surface area contributed by atoms with Crippen molar-refractivity contribution >= 4 is 0 Å². The molecule has 3 heteroatoms. The Hall–Kier alpha value is -1.06. The summed E-state index contributed by atoms with van der Waals surface area (Å²) in [4.78, 5) is 0. The zero-order valence-electron chi connectivity index (χ0n) is 11.8. The summed E-state index contributed by atoms with van der Waals surface area (Å²) in [6.07, 6.45) is 5.01. The van der Waals surface area contributed by atoms with Gasteiger partial charge in [0.15, 0.2) is 0 Å². The highest BCUT2D eigenvalue weighted by molar-refractivity contribution is 5.40. The minimum Gasteiger partial charge on any atom is -0.497 e. The van der Waals surface area contributed by atoms with Gasteiger partial charge in [0.2, 0.25) is 0 Å². The lowest BCUT2D eigenvalue weighted by Gasteiger charge is -2.30. The van der Waals surface area contributed by atoms with E-state index < -0.39 is 0 Å². The van der Waals surface area contributed by atoms with Crippen LogP contribution in [0.25, 0.3) is 0 Å². The Labute approximate surface area is 115 Å². The van der Waals surface area contributed by atoms with E-state index in [1.807, 2.05) is 0 Å². The lowest BCUT2D eigenvalue weighted by Crippen LogP contribution is -2.39. The summed E-state index contributed by atoms with van der Waals surface area (Å²) in [5.74, 6) is 0.966. The minimum atomic E-state index is 0.387. The third-order valence-electron chi connectivity index (χ3n) is 4.35. The van der Waals surface area contributed by atoms with Crippen LogP contribution in [0.5, 0.6) is 5.75 Å². The van der Waals surface area contributed by atoms with Crippen LogP contribution in [0.1, 0.15) is 43.4 Å². The number of rotatable bonds is 3. The number of methoxy groups -OCH3 is 1. The van der Waals surface area contributed by atoms with E-state index in [0.717, 1.165) is 25.2 Å². The molecule has 2 aliphatic rings. The molecule has 0 bridgehead atoms. The minimum absolute atomic E-state index is 0.387. The van der Waals surface area contributed by atoms with E-state index >= 15 is 0 Å². The molecular weight excluding hydrogens is 238 g/mol. The van der Waals surface area contributed by atoms with Crippen molar-refractivity contribution in [1.29, 1.82) is 0 Å². The quantitative estimate of drug-likeness (QED) is 0.907. The number of nitrogens with one attached hydrogen (secondary N) is 1. The van der Waals surface area contributed by atoms with Crippen molar-refractivity contribution in [2.45, 2.75) is 50.8 Å². The molecule has 3 rings (SSSR count). The fraction of sp³-hybridized carbons (Fsp3) is 0.625. The van der Waals surface area contributed by atoms with Gasteiger partial charge in [-0.3, -0.25) is 0 Å². The predicted octanol–water partition coefficient (Wildman–Crippen LogP) is 2.84. The molecule has 1 heterocycles. The average molecular weight is 261 g/mol. The second-order valence-corrected chi connectivity index (χ2v) is 5.73. The first-order valence-electron chi connectivity index (χ1n) is 7.30. The van der Waals surface area contributed by atoms with E-state index in [4.69, 9.17) is 9.47 Å². The third kappa shape index (κ3) is 2.77. The van der Waals surface area contributed by atoms with E-state index in [-0.39, 0.29) is 0 Å². The number of hydrogen-bond donors (Lipinski definition) is 1. The van der Waals surface area contributed by atoms with Gasteiger partial charge in [0, 0.05) is 18.7 Å². The topological polar surface area (TPSA) is 30.5 Å². The fourth-order valence-electron chi connectivity index (χ4n) is 3.31. The summed E-state index contributed by atoms with van der Waals surface area (Å²) < 4.78 is 11.0. The smallest absolute Gasteiger partial charge is 0.119 e. The van der Waals surface area contributed by atoms with Crippen LogP contribution in [0.15, 0.2) is 18.2 Å². The summed E-state index contributed by atoms with van der Waals surface area (Å²) in [5.41, 5.74) is 2.90. The van der Waals surface area contributed by atoms with Crippen LogP contribution in [-0.4, -0.2) is 25.9 Å². The highest BCUT2D eigenvalue weighted by Crippen LogP contribution is 2.34. The van der Waals surface area contributed by atoms with Crippen molar-refractivity contribution in [3.05, 3.63) is 29.3 Å². The zero-order valence-corrected chi connectivity index (χ0v) is 11.8. The van der Waals surface area contributed by atoms with Gasteiger partial charge < -0.3 is 14.8 Å². The summed E-state index contributed by atoms with van der Waals surface area (Å²) >= 11 is 0. The Balaban J connectivity index is 1.71. The first-order chi connectivity index (χ1) is 9.26. The van der Waals surface area contributed by atoms with Gasteiger partial charge in [-0.1, -0.05) is 6.07 Å². The zero-order chi connectivity index (χ0) is 13.2. The molecule has 0 spiro atoms. The molecule has 3 unspecified atom stereocenters. The van der Waals surface area contributed by atoms with Crippen molar-refractivity contribution in [2.24, 2.45) is 0 Å². The number of benzene rings is 1. The van der Waals surface area contributed by atoms with Crippen molar-refractivity contribution in [3.8, 4) is 5.75 Å². The van der Waals surface area contributed by atoms with E-state index in [2.05, 4.69) is 30.4 Å². The monoisotopic (exact) mass is 261 g/mol. The maximum atomic E-state index is 5.62. The summed E-state index contributed by atoms with van der Waals surface area (Å²) in [6.45, 7) is 3.05. The van der Waals surface area contributed by atoms with Gasteiger partial charge >= 0.3 is 0 Å². The number of fused-ring (bicyclic) bond motifs is 1. The summed E-state index contributed by atoms with van der Waals surface area (Å²) in [6, 6.07) is 7.55. The fourth-order valence-corrected chi connectivity index (χ4v) is 3.31. The Morgan fingerprint density at radius 1 is 1.32 bits per heavy atom. The van der Waals surface area contributed by atoms with Crippen molar-refractivity contribution in [2.75, 3.05) is 13.7 Å². The van der Waals surface area contributed by atoms with Gasteiger partial charge in [0.1, 0.15) is 5.75 Å². The second-order valence-electron chi connectivity index (χ2n) is 5.73. The van der Waals surface area contributed by atoms with Gasteiger partial charge in [0.25, 0.3) is 0 Å². The maximum absolute atomic E-state index is 5.62. The van der Waals surface area contributed by atoms with Gasteiger partial charge in [-0.25, -0.2) is 0 Å². The number of hydrogen-bond acceptors (Lipinski definition) is 3. The Morgan fingerprint density at radius 3 is 3.00 bits per heavy atom. The Kier molecular flexibility index (Phi) is 3.76. The van der Waals surface area contributed by atoms with Crippen molar-refractivity contribution in [1.82, 2.24) is 5.32 Å². The molecule has 1 aliphatic carbocycles. The maximum Gasteiger partial charge on any atom is 0.119 e. The van der Waals surface area contributed by atoms with Crippen molar-refractivity contribution in [3.63, 3.8) is 0 Å². The van der Waals surface area contributed by atoms with Crippen LogP contribution in [0.2, 0.25) is 0 Å². The molecule has 0 aromatic heterocycles. The van der Waals surface area contributed by atoms with Crippen LogP contribution in [0, 0.1) is 0 Å². The number of ether oxygens (including phenoxy) is 2. The molecule has 1 aliphatic heterocycles. The molecule has 0 saturated carbocycles. The van der Waals surface area contributed by atoms with E-state index in [1.165, 1.54) is 24.0 Å².